The van der Waals surface area contributed by atoms with Crippen molar-refractivity contribution < 1.29 is 25.9 Å². The van der Waals surface area contributed by atoms with Crippen molar-refractivity contribution in [2.24, 2.45) is 0 Å². The minimum absolute atomic E-state index is 0.325. The molecule has 0 heterocycles. The summed E-state index contributed by atoms with van der Waals surface area (Å²) in [6.07, 6.45) is 0. The maximum atomic E-state index is 12.6. The van der Waals surface area contributed by atoms with Gasteiger partial charge < -0.3 is 0 Å². The molecule has 6 aromatic rings. The topological polar surface area (TPSA) is 109 Å². The maximum absolute atomic E-state index is 12.6. The number of hydrogen-bond acceptors (Lipinski definition) is 4. The molecule has 46 heavy (non-hydrogen) atoms. The zero-order valence-corrected chi connectivity index (χ0v) is 27.7. The Hall–Kier alpha value is -4.00. The van der Waals surface area contributed by atoms with Gasteiger partial charge in [0, 0.05) is 0 Å². The lowest BCUT2D eigenvalue weighted by molar-refractivity contribution is 0.481. The highest BCUT2D eigenvalue weighted by Crippen LogP contribution is 2.42. The first-order valence-electron chi connectivity index (χ1n) is 14.2. The first-order chi connectivity index (χ1) is 22.1. The van der Waals surface area contributed by atoms with E-state index in [2.05, 4.69) is 0 Å². The molecule has 230 valence electrons. The molecule has 6 rings (SSSR count). The second kappa shape index (κ2) is 13.4. The third kappa shape index (κ3) is 6.89. The van der Waals surface area contributed by atoms with Gasteiger partial charge in [-0.3, -0.25) is 9.11 Å². The van der Waals surface area contributed by atoms with Crippen LogP contribution in [-0.4, -0.2) is 25.9 Å². The number of rotatable bonds is 9. The van der Waals surface area contributed by atoms with Crippen LogP contribution in [0.25, 0.3) is 11.1 Å². The summed E-state index contributed by atoms with van der Waals surface area (Å²) >= 11 is 0. The summed E-state index contributed by atoms with van der Waals surface area (Å²) in [6.45, 7) is 0. The van der Waals surface area contributed by atoms with Gasteiger partial charge in [-0.25, -0.2) is 0 Å². The fraction of sp³-hybridized carbons (Fsp3) is 0. The van der Waals surface area contributed by atoms with E-state index < -0.39 is 36.1 Å². The highest BCUT2D eigenvalue weighted by molar-refractivity contribution is 7.86. The van der Waals surface area contributed by atoms with E-state index in [0.717, 1.165) is 31.8 Å². The molecule has 0 saturated carbocycles. The van der Waals surface area contributed by atoms with Crippen molar-refractivity contribution >= 4 is 67.9 Å². The molecule has 0 saturated heterocycles. The zero-order valence-electron chi connectivity index (χ0n) is 24.2. The third-order valence-corrected chi connectivity index (χ3v) is 14.1. The molecular weight excluding hydrogens is 654 g/mol. The second-order valence-corrected chi connectivity index (χ2v) is 17.5. The van der Waals surface area contributed by atoms with E-state index in [1.165, 1.54) is 24.3 Å². The molecule has 10 heteroatoms. The lowest BCUT2D eigenvalue weighted by Gasteiger charge is -2.27. The van der Waals surface area contributed by atoms with Crippen molar-refractivity contribution in [3.05, 3.63) is 158 Å². The van der Waals surface area contributed by atoms with Gasteiger partial charge in [-0.15, -0.1) is 0 Å². The Balaban J connectivity index is 1.74. The molecular formula is C36H28O6P2S2. The van der Waals surface area contributed by atoms with E-state index in [4.69, 9.17) is 0 Å². The predicted octanol–water partition coefficient (Wildman–Crippen LogP) is 5.36. The summed E-state index contributed by atoms with van der Waals surface area (Å²) in [5, 5.41) is 5.47. The Morgan fingerprint density at radius 2 is 0.630 bits per heavy atom. The molecule has 0 amide bonds. The molecule has 0 bridgehead atoms. The van der Waals surface area contributed by atoms with E-state index in [9.17, 15) is 25.9 Å². The summed E-state index contributed by atoms with van der Waals surface area (Å²) in [4.78, 5) is -0.649. The van der Waals surface area contributed by atoms with E-state index in [1.54, 1.807) is 12.1 Å². The molecule has 6 nitrogen and oxygen atoms in total. The average Bonchev–Trinajstić information content (AvgIpc) is 3.06. The van der Waals surface area contributed by atoms with Crippen LogP contribution in [0, 0.1) is 0 Å². The van der Waals surface area contributed by atoms with Gasteiger partial charge in [0.25, 0.3) is 20.2 Å². The molecule has 0 aliphatic heterocycles. The first kappa shape index (κ1) is 32.0. The first-order valence-corrected chi connectivity index (χ1v) is 19.7. The average molecular weight is 683 g/mol. The van der Waals surface area contributed by atoms with Gasteiger partial charge in [-0.05, 0) is 83.1 Å². The minimum atomic E-state index is -4.64. The molecule has 0 aromatic heterocycles. The maximum Gasteiger partial charge on any atom is 0.294 e. The summed E-state index contributed by atoms with van der Waals surface area (Å²) in [6, 6.07) is 48.2. The normalized spacial score (nSPS) is 12.0. The Morgan fingerprint density at radius 1 is 0.370 bits per heavy atom. The van der Waals surface area contributed by atoms with Gasteiger partial charge in [0.15, 0.2) is 0 Å². The Bertz CT molecular complexity index is 1960. The van der Waals surface area contributed by atoms with E-state index in [-0.39, 0.29) is 9.79 Å². The Kier molecular flexibility index (Phi) is 9.30. The predicted molar refractivity (Wildman–Crippen MR) is 189 cm³/mol. The van der Waals surface area contributed by atoms with Crippen LogP contribution >= 0.6 is 15.8 Å². The fourth-order valence-corrected chi connectivity index (χ4v) is 11.2. The third-order valence-electron chi connectivity index (χ3n) is 7.36. The van der Waals surface area contributed by atoms with Crippen LogP contribution in [0.2, 0.25) is 0 Å². The van der Waals surface area contributed by atoms with Crippen LogP contribution in [0.5, 0.6) is 0 Å². The Labute approximate surface area is 271 Å². The van der Waals surface area contributed by atoms with Gasteiger partial charge >= 0.3 is 0 Å². The molecule has 6 aromatic carbocycles. The summed E-state index contributed by atoms with van der Waals surface area (Å²) in [5.74, 6) is 0. The smallest absolute Gasteiger partial charge is 0.282 e. The molecule has 0 atom stereocenters. The quantitative estimate of drug-likeness (QED) is 0.157. The molecule has 0 spiro atoms. The summed E-state index contributed by atoms with van der Waals surface area (Å²) < 4.78 is 70.6. The Morgan fingerprint density at radius 3 is 0.870 bits per heavy atom. The molecule has 0 aliphatic rings. The summed E-state index contributed by atoms with van der Waals surface area (Å²) in [5.41, 5.74) is 0.877. The van der Waals surface area contributed by atoms with Gasteiger partial charge in [0.05, 0.1) is 9.79 Å². The van der Waals surface area contributed by atoms with E-state index in [0.29, 0.717) is 11.1 Å². The zero-order chi connectivity index (χ0) is 32.3. The monoisotopic (exact) mass is 682 g/mol. The molecule has 0 radical (unpaired) electrons. The standard InChI is InChI=1S/C36H28O6P2S2/c37-45(38,39)31-21-23-35(43(27-13-5-1-6-14-27)28-15-7-2-8-16-28)33(25-31)34-26-32(46(40,41)42)22-24-36(34)44(29-17-9-3-10-18-29)30-19-11-4-12-20-30/h1-26H,(H,37,38,39)(H,40,41,42). The number of hydrogen-bond donors (Lipinski definition) is 2. The summed E-state index contributed by atoms with van der Waals surface area (Å²) in [7, 11) is -11.9. The van der Waals surface area contributed by atoms with Crippen molar-refractivity contribution in [2.75, 3.05) is 0 Å². The van der Waals surface area contributed by atoms with Crippen molar-refractivity contribution in [3.8, 4) is 11.1 Å². The number of benzene rings is 6. The van der Waals surface area contributed by atoms with Gasteiger partial charge in [-0.2, -0.15) is 16.8 Å². The molecule has 0 fully saturated rings. The van der Waals surface area contributed by atoms with Crippen LogP contribution in [0.3, 0.4) is 0 Å². The second-order valence-electron chi connectivity index (χ2n) is 10.3. The van der Waals surface area contributed by atoms with Crippen molar-refractivity contribution in [1.29, 1.82) is 0 Å². The van der Waals surface area contributed by atoms with Crippen LogP contribution in [0.1, 0.15) is 0 Å². The van der Waals surface area contributed by atoms with Crippen molar-refractivity contribution in [1.82, 2.24) is 0 Å². The lowest BCUT2D eigenvalue weighted by atomic mass is 10.1. The van der Waals surface area contributed by atoms with Crippen LogP contribution in [-0.2, 0) is 20.2 Å². The van der Waals surface area contributed by atoms with Gasteiger partial charge in [0.2, 0.25) is 0 Å². The molecule has 0 aliphatic carbocycles. The minimum Gasteiger partial charge on any atom is -0.282 e. The SMILES string of the molecule is O=S(=O)(O)c1ccc(P(c2ccccc2)c2ccccc2)c(-c2cc(S(=O)(=O)O)ccc2P(c2ccccc2)c2ccccc2)c1. The van der Waals surface area contributed by atoms with Crippen LogP contribution in [0.4, 0.5) is 0 Å². The highest BCUT2D eigenvalue weighted by atomic mass is 32.2. The van der Waals surface area contributed by atoms with Gasteiger partial charge in [-0.1, -0.05) is 133 Å². The molecule has 2 N–H and O–H groups in total. The van der Waals surface area contributed by atoms with E-state index >= 15 is 0 Å². The lowest BCUT2D eigenvalue weighted by Crippen LogP contribution is -2.26. The van der Waals surface area contributed by atoms with Crippen molar-refractivity contribution in [3.63, 3.8) is 0 Å². The molecule has 0 unspecified atom stereocenters. The van der Waals surface area contributed by atoms with Gasteiger partial charge in [0.1, 0.15) is 0 Å². The van der Waals surface area contributed by atoms with Crippen LogP contribution in [0.15, 0.2) is 168 Å². The fourth-order valence-electron chi connectivity index (χ4n) is 5.34. The van der Waals surface area contributed by atoms with Crippen molar-refractivity contribution in [2.45, 2.75) is 9.79 Å². The van der Waals surface area contributed by atoms with Crippen LogP contribution < -0.4 is 31.8 Å². The van der Waals surface area contributed by atoms with E-state index in [1.807, 2.05) is 121 Å². The largest absolute Gasteiger partial charge is 0.294 e. The highest BCUT2D eigenvalue weighted by Gasteiger charge is 2.28.